The van der Waals surface area contributed by atoms with Gasteiger partial charge in [-0.1, -0.05) is 66.7 Å². The highest BCUT2D eigenvalue weighted by atomic mass is 16.6. The summed E-state index contributed by atoms with van der Waals surface area (Å²) in [6.07, 6.45) is 2.46. The van der Waals surface area contributed by atoms with Crippen LogP contribution in [0, 0.1) is 11.8 Å². The molecule has 3 atom stereocenters. The van der Waals surface area contributed by atoms with Gasteiger partial charge in [-0.2, -0.15) is 0 Å². The molecule has 5 aromatic rings. The Labute approximate surface area is 349 Å². The molecular formula is C47H54N6O7. The Hall–Kier alpha value is -6.02. The van der Waals surface area contributed by atoms with Crippen molar-refractivity contribution in [2.24, 2.45) is 11.8 Å². The topological polar surface area (TPSA) is 176 Å². The number of unbranched alkanes of at least 4 members (excludes halogenated alkanes) is 1. The van der Waals surface area contributed by atoms with Crippen LogP contribution >= 0.6 is 0 Å². The highest BCUT2D eigenvalue weighted by Gasteiger charge is 2.42. The van der Waals surface area contributed by atoms with Gasteiger partial charge in [-0.3, -0.25) is 19.7 Å². The number of aromatic nitrogens is 1. The lowest BCUT2D eigenvalue weighted by molar-refractivity contribution is -0.130. The number of aliphatic hydroxyl groups is 1. The third-order valence-corrected chi connectivity index (χ3v) is 11.7. The molecule has 2 fully saturated rings. The zero-order valence-corrected chi connectivity index (χ0v) is 33.9. The van der Waals surface area contributed by atoms with Gasteiger partial charge in [0.25, 0.3) is 0 Å². The maximum Gasteiger partial charge on any atom is 0.411 e. The molecule has 0 radical (unpaired) electrons. The first-order valence-electron chi connectivity index (χ1n) is 20.8. The molecule has 1 saturated heterocycles. The molecule has 2 unspecified atom stereocenters. The molecule has 0 bridgehead atoms. The molecule has 0 spiro atoms. The molecule has 6 N–H and O–H groups in total. The second kappa shape index (κ2) is 19.8. The molecule has 1 aromatic heterocycles. The van der Waals surface area contributed by atoms with Gasteiger partial charge in [-0.05, 0) is 84.5 Å². The molecule has 13 heteroatoms. The number of likely N-dealkylation sites (tertiary alicyclic amines) is 1. The van der Waals surface area contributed by atoms with Crippen LogP contribution in [0.1, 0.15) is 55.8 Å². The number of carbonyl (C=O) groups is 3. The van der Waals surface area contributed by atoms with Gasteiger partial charge in [-0.15, -0.1) is 0 Å². The maximum absolute atomic E-state index is 12.9. The number of fused-ring (bicyclic) bond motifs is 2. The van der Waals surface area contributed by atoms with Crippen LogP contribution in [0.25, 0.3) is 22.0 Å². The van der Waals surface area contributed by atoms with Crippen molar-refractivity contribution in [3.05, 3.63) is 125 Å². The summed E-state index contributed by atoms with van der Waals surface area (Å²) in [7, 11) is 1.82. The van der Waals surface area contributed by atoms with Crippen molar-refractivity contribution in [1.29, 1.82) is 0 Å². The van der Waals surface area contributed by atoms with Crippen LogP contribution in [0.4, 0.5) is 16.2 Å². The minimum Gasteiger partial charge on any atom is -0.506 e. The average Bonchev–Trinajstić information content (AvgIpc) is 3.81. The van der Waals surface area contributed by atoms with Crippen molar-refractivity contribution < 1.29 is 29.3 Å². The number of amides is 3. The van der Waals surface area contributed by atoms with Crippen molar-refractivity contribution in [2.45, 2.75) is 57.3 Å². The molecule has 1 saturated carbocycles. The lowest BCUT2D eigenvalue weighted by atomic mass is 10.0. The second-order valence-electron chi connectivity index (χ2n) is 16.0. The van der Waals surface area contributed by atoms with Gasteiger partial charge in [0.15, 0.2) is 0 Å². The van der Waals surface area contributed by atoms with E-state index in [4.69, 9.17) is 4.74 Å². The number of aromatic hydroxyl groups is 1. The van der Waals surface area contributed by atoms with Crippen LogP contribution in [0.2, 0.25) is 0 Å². The Morgan fingerprint density at radius 3 is 2.37 bits per heavy atom. The Morgan fingerprint density at radius 1 is 0.867 bits per heavy atom. The molecule has 60 heavy (non-hydrogen) atoms. The predicted molar refractivity (Wildman–Crippen MR) is 233 cm³/mol. The van der Waals surface area contributed by atoms with Crippen molar-refractivity contribution >= 4 is 40.2 Å². The van der Waals surface area contributed by atoms with Crippen LogP contribution in [0.15, 0.2) is 108 Å². The Balaban J connectivity index is 0.738. The molecule has 1 aliphatic carbocycles. The molecule has 3 amide bonds. The number of pyridine rings is 1. The summed E-state index contributed by atoms with van der Waals surface area (Å²) >= 11 is 0. The monoisotopic (exact) mass is 814 g/mol. The molecule has 314 valence electrons. The third-order valence-electron chi connectivity index (χ3n) is 11.7. The number of benzene rings is 4. The zero-order chi connectivity index (χ0) is 42.0. The van der Waals surface area contributed by atoms with E-state index in [1.807, 2.05) is 85.9 Å². The van der Waals surface area contributed by atoms with Crippen molar-refractivity contribution in [3.63, 3.8) is 0 Å². The number of aliphatic hydroxyl groups excluding tert-OH is 1. The minimum atomic E-state index is -0.860. The molecule has 2 aliphatic rings. The van der Waals surface area contributed by atoms with E-state index < -0.39 is 12.2 Å². The van der Waals surface area contributed by atoms with E-state index in [9.17, 15) is 29.4 Å². The number of nitrogens with zero attached hydrogens (tertiary/aromatic N) is 2. The number of rotatable bonds is 17. The number of hydrogen-bond donors (Lipinski definition) is 6. The van der Waals surface area contributed by atoms with Crippen molar-refractivity contribution in [1.82, 2.24) is 20.1 Å². The van der Waals surface area contributed by atoms with Crippen molar-refractivity contribution in [2.75, 3.05) is 50.4 Å². The number of anilines is 2. The fourth-order valence-electron chi connectivity index (χ4n) is 8.52. The highest BCUT2D eigenvalue weighted by Crippen LogP contribution is 2.40. The number of nitrogens with one attached hydrogen (secondary N) is 4. The van der Waals surface area contributed by atoms with E-state index >= 15 is 0 Å². The summed E-state index contributed by atoms with van der Waals surface area (Å²) < 4.78 is 5.87. The Morgan fingerprint density at radius 2 is 1.60 bits per heavy atom. The Kier molecular flexibility index (Phi) is 13.9. The van der Waals surface area contributed by atoms with Gasteiger partial charge in [0.1, 0.15) is 11.9 Å². The summed E-state index contributed by atoms with van der Waals surface area (Å²) in [5, 5.41) is 30.6. The van der Waals surface area contributed by atoms with Crippen LogP contribution in [0.5, 0.6) is 5.75 Å². The number of ether oxygens (including phenoxy) is 1. The number of phenols is 1. The lowest BCUT2D eigenvalue weighted by Gasteiger charge is -2.21. The minimum absolute atomic E-state index is 0.0552. The molecule has 7 rings (SSSR count). The van der Waals surface area contributed by atoms with E-state index in [0.29, 0.717) is 72.9 Å². The number of para-hydroxylation sites is 1. The van der Waals surface area contributed by atoms with Crippen molar-refractivity contribution in [3.8, 4) is 16.9 Å². The van der Waals surface area contributed by atoms with Crippen LogP contribution in [0.3, 0.4) is 0 Å². The van der Waals surface area contributed by atoms with E-state index in [1.54, 1.807) is 17.0 Å². The first kappa shape index (κ1) is 42.1. The SMILES string of the molecule is CN(CCCCC(=O)Nc1ccc(CNC[C@H](O)c2ccc(O)c3[nH]c(=O)ccc23)cc1)C(=O)CCN1CC2CC(OC(=O)Nc3ccccc3-c3ccccc3)CC2C1. The number of hydrogen-bond acceptors (Lipinski definition) is 9. The number of aromatic amines is 1. The zero-order valence-electron chi connectivity index (χ0n) is 33.9. The van der Waals surface area contributed by atoms with E-state index in [1.165, 1.54) is 12.1 Å². The standard InChI is InChI=1S/C47H54N6O7/c1-52(45(58)22-24-53-29-33-25-36(26-34(33)30-53)60-47(59)50-40-12-6-5-11-37(40)32-9-3-2-4-10-32)23-8-7-13-43(56)49-35-16-14-31(15-17-35)27-48-28-42(55)38-18-20-41(54)46-39(38)19-21-44(57)51-46/h2-6,9-12,14-21,33-34,36,42,48,54-55H,7-8,13,22-30H2,1H3,(H,49,56)(H,50,59)(H,51,57)/t33?,34?,36?,42-/m0/s1. The summed E-state index contributed by atoms with van der Waals surface area (Å²) in [6.45, 7) is 3.86. The maximum atomic E-state index is 12.9. The summed E-state index contributed by atoms with van der Waals surface area (Å²) in [6, 6.07) is 31.2. The first-order valence-corrected chi connectivity index (χ1v) is 20.8. The predicted octanol–water partition coefficient (Wildman–Crippen LogP) is 6.64. The van der Waals surface area contributed by atoms with Gasteiger partial charge in [-0.25, -0.2) is 4.79 Å². The largest absolute Gasteiger partial charge is 0.506 e. The van der Waals surface area contributed by atoms with Gasteiger partial charge < -0.3 is 40.4 Å². The average molecular weight is 815 g/mol. The van der Waals surface area contributed by atoms with E-state index in [2.05, 4.69) is 25.8 Å². The van der Waals surface area contributed by atoms with Crippen LogP contribution < -0.4 is 21.5 Å². The third kappa shape index (κ3) is 11.0. The molecule has 1 aliphatic heterocycles. The van der Waals surface area contributed by atoms with Gasteiger partial charge >= 0.3 is 6.09 Å². The second-order valence-corrected chi connectivity index (χ2v) is 16.0. The fraction of sp³-hybridized carbons (Fsp3) is 0.362. The lowest BCUT2D eigenvalue weighted by Crippen LogP contribution is -2.33. The van der Waals surface area contributed by atoms with E-state index in [0.717, 1.165) is 54.7 Å². The van der Waals surface area contributed by atoms with Gasteiger partial charge in [0.05, 0.1) is 17.3 Å². The number of phenolic OH excluding ortho intramolecular Hbond substituents is 1. The molecule has 4 aromatic carbocycles. The molecule has 2 heterocycles. The van der Waals surface area contributed by atoms with E-state index in [-0.39, 0.29) is 35.8 Å². The quantitative estimate of drug-likeness (QED) is 0.0562. The summed E-state index contributed by atoms with van der Waals surface area (Å²) in [5.74, 6) is 0.867. The van der Waals surface area contributed by atoms with Gasteiger partial charge in [0, 0.05) is 81.9 Å². The van der Waals surface area contributed by atoms with Gasteiger partial charge in [0.2, 0.25) is 17.4 Å². The normalized spacial score (nSPS) is 17.9. The van der Waals surface area contributed by atoms with Crippen LogP contribution in [-0.2, 0) is 20.9 Å². The molecular weight excluding hydrogens is 761 g/mol. The van der Waals surface area contributed by atoms with Crippen LogP contribution in [-0.4, -0.2) is 88.8 Å². The highest BCUT2D eigenvalue weighted by molar-refractivity contribution is 5.92. The molecule has 13 nitrogen and oxygen atoms in total. The first-order chi connectivity index (χ1) is 29.1. The summed E-state index contributed by atoms with van der Waals surface area (Å²) in [5.41, 5.74) is 4.93. The Bertz CT molecular complexity index is 2300. The number of H-pyrrole nitrogens is 1. The fourth-order valence-corrected chi connectivity index (χ4v) is 8.52. The smallest absolute Gasteiger partial charge is 0.411 e. The summed E-state index contributed by atoms with van der Waals surface area (Å²) in [4.78, 5) is 56.9. The number of carbonyl (C=O) groups excluding carboxylic acids is 3.